The molecule has 160 valence electrons. The van der Waals surface area contributed by atoms with E-state index in [1.165, 1.54) is 4.88 Å². The third kappa shape index (κ3) is 3.55. The van der Waals surface area contributed by atoms with Gasteiger partial charge in [0.25, 0.3) is 0 Å². The summed E-state index contributed by atoms with van der Waals surface area (Å²) in [5.41, 5.74) is 3.92. The van der Waals surface area contributed by atoms with Crippen LogP contribution in [0.2, 0.25) is 10.0 Å². The number of rotatable bonds is 4. The summed E-state index contributed by atoms with van der Waals surface area (Å²) in [5, 5.41) is 12.9. The molecule has 0 aliphatic carbocycles. The van der Waals surface area contributed by atoms with E-state index in [9.17, 15) is 0 Å². The van der Waals surface area contributed by atoms with Crippen molar-refractivity contribution in [1.82, 2.24) is 4.98 Å². The molecule has 0 saturated carbocycles. The lowest BCUT2D eigenvalue weighted by Crippen LogP contribution is -2.18. The molecular weight excluding hydrogens is 485 g/mol. The predicted molar refractivity (Wildman–Crippen MR) is 131 cm³/mol. The van der Waals surface area contributed by atoms with E-state index < -0.39 is 0 Å². The number of nitrogens with zero attached hydrogens (tertiary/aromatic N) is 3. The molecule has 32 heavy (non-hydrogen) atoms. The van der Waals surface area contributed by atoms with Gasteiger partial charge in [-0.05, 0) is 41.3 Å². The number of halogens is 2. The molecule has 0 unspecified atom stereocenters. The number of hydrogen-bond donors (Lipinski definition) is 0. The second-order valence-corrected chi connectivity index (χ2v) is 9.94. The van der Waals surface area contributed by atoms with Crippen LogP contribution in [0.1, 0.15) is 22.9 Å². The van der Waals surface area contributed by atoms with E-state index in [0.717, 1.165) is 45.6 Å². The zero-order valence-corrected chi connectivity index (χ0v) is 19.6. The Hall–Kier alpha value is -2.58. The topological polar surface area (TPSA) is 47.0 Å². The molecule has 0 radical (unpaired) electrons. The van der Waals surface area contributed by atoms with Crippen molar-refractivity contribution in [3.63, 3.8) is 0 Å². The molecule has 5 nitrogen and oxygen atoms in total. The molecule has 0 amide bonds. The number of fused-ring (bicyclic) bond motifs is 1. The van der Waals surface area contributed by atoms with Crippen LogP contribution in [-0.4, -0.2) is 17.5 Å². The molecule has 0 saturated heterocycles. The standard InChI is InChI=1S/C23H15Cl2N3O2S2/c24-15-5-3-13(8-16(15)25)18-11-32-23(26-18)28-19(10-17(27-28)22-2-1-7-31-22)14-4-6-20-21(9-14)30-12-29-20/h1-9,11,19H,10,12H2/t19-/m1/s1. The summed E-state index contributed by atoms with van der Waals surface area (Å²) in [7, 11) is 0. The van der Waals surface area contributed by atoms with Gasteiger partial charge in [0, 0.05) is 17.4 Å². The van der Waals surface area contributed by atoms with Gasteiger partial charge in [-0.25, -0.2) is 9.99 Å². The lowest BCUT2D eigenvalue weighted by Gasteiger charge is -2.21. The van der Waals surface area contributed by atoms with Crippen LogP contribution in [0.5, 0.6) is 11.5 Å². The summed E-state index contributed by atoms with van der Waals surface area (Å²) in [4.78, 5) is 6.05. The van der Waals surface area contributed by atoms with Crippen LogP contribution in [-0.2, 0) is 0 Å². The van der Waals surface area contributed by atoms with E-state index in [1.807, 2.05) is 40.7 Å². The summed E-state index contributed by atoms with van der Waals surface area (Å²) in [5.74, 6) is 1.54. The Morgan fingerprint density at radius 1 is 0.969 bits per heavy atom. The molecule has 9 heteroatoms. The largest absolute Gasteiger partial charge is 0.454 e. The first-order valence-corrected chi connectivity index (χ1v) is 12.4. The van der Waals surface area contributed by atoms with Crippen LogP contribution in [0.15, 0.2) is 64.4 Å². The maximum Gasteiger partial charge on any atom is 0.231 e. The average Bonchev–Trinajstić information content (AvgIpc) is 3.60. The van der Waals surface area contributed by atoms with Gasteiger partial charge in [-0.3, -0.25) is 0 Å². The highest BCUT2D eigenvalue weighted by Gasteiger charge is 2.33. The molecule has 2 aliphatic heterocycles. The lowest BCUT2D eigenvalue weighted by atomic mass is 10.0. The fraction of sp³-hybridized carbons (Fsp3) is 0.130. The maximum atomic E-state index is 6.21. The van der Waals surface area contributed by atoms with E-state index in [-0.39, 0.29) is 12.8 Å². The molecule has 0 fully saturated rings. The molecule has 2 aromatic heterocycles. The van der Waals surface area contributed by atoms with Crippen molar-refractivity contribution < 1.29 is 9.47 Å². The third-order valence-corrected chi connectivity index (χ3v) is 7.89. The van der Waals surface area contributed by atoms with Gasteiger partial charge in [0.1, 0.15) is 0 Å². The monoisotopic (exact) mass is 499 g/mol. The van der Waals surface area contributed by atoms with Crippen molar-refractivity contribution in [2.24, 2.45) is 5.10 Å². The van der Waals surface area contributed by atoms with Gasteiger partial charge >= 0.3 is 0 Å². The number of thiazole rings is 1. The summed E-state index contributed by atoms with van der Waals surface area (Å²) in [6, 6.07) is 15.8. The highest BCUT2D eigenvalue weighted by atomic mass is 35.5. The van der Waals surface area contributed by atoms with Crippen molar-refractivity contribution in [2.45, 2.75) is 12.5 Å². The van der Waals surface area contributed by atoms with Crippen molar-refractivity contribution in [3.05, 3.63) is 79.8 Å². The van der Waals surface area contributed by atoms with Crippen LogP contribution in [0, 0.1) is 0 Å². The molecule has 0 spiro atoms. The van der Waals surface area contributed by atoms with Crippen LogP contribution < -0.4 is 14.5 Å². The molecule has 6 rings (SSSR count). The van der Waals surface area contributed by atoms with Crippen LogP contribution in [0.25, 0.3) is 11.3 Å². The molecule has 4 aromatic rings. The number of ether oxygens (including phenoxy) is 2. The number of hydrogen-bond acceptors (Lipinski definition) is 7. The minimum atomic E-state index is 0.00871. The van der Waals surface area contributed by atoms with Crippen LogP contribution in [0.3, 0.4) is 0 Å². The van der Waals surface area contributed by atoms with E-state index in [4.69, 9.17) is 42.8 Å². The van der Waals surface area contributed by atoms with Crippen molar-refractivity contribution in [1.29, 1.82) is 0 Å². The van der Waals surface area contributed by atoms with Gasteiger partial charge < -0.3 is 9.47 Å². The molecule has 1 atom stereocenters. The second kappa shape index (κ2) is 8.08. The highest BCUT2D eigenvalue weighted by Crippen LogP contribution is 2.43. The van der Waals surface area contributed by atoms with Gasteiger partial charge in [0.05, 0.1) is 32.4 Å². The third-order valence-electron chi connectivity index (χ3n) is 5.40. The van der Waals surface area contributed by atoms with E-state index in [0.29, 0.717) is 10.0 Å². The van der Waals surface area contributed by atoms with Crippen molar-refractivity contribution in [2.75, 3.05) is 11.8 Å². The van der Waals surface area contributed by atoms with Crippen LogP contribution >= 0.6 is 45.9 Å². The number of benzene rings is 2. The maximum absolute atomic E-state index is 6.21. The Balaban J connectivity index is 1.38. The van der Waals surface area contributed by atoms with Crippen molar-refractivity contribution in [3.8, 4) is 22.8 Å². The summed E-state index contributed by atoms with van der Waals surface area (Å²) in [6.07, 6.45) is 0.780. The molecule has 4 heterocycles. The number of anilines is 1. The first-order chi connectivity index (χ1) is 15.7. The Kier molecular flexibility index (Phi) is 5.07. The Bertz CT molecular complexity index is 1340. The molecule has 2 aromatic carbocycles. The second-order valence-electron chi connectivity index (χ2n) is 7.35. The van der Waals surface area contributed by atoms with Gasteiger partial charge in [-0.1, -0.05) is 41.4 Å². The summed E-state index contributed by atoms with van der Waals surface area (Å²) >= 11 is 15.5. The number of aromatic nitrogens is 1. The van der Waals surface area contributed by atoms with E-state index in [2.05, 4.69) is 17.5 Å². The molecular formula is C23H15Cl2N3O2S2. The molecule has 0 N–H and O–H groups in total. The highest BCUT2D eigenvalue weighted by molar-refractivity contribution is 7.14. The summed E-state index contributed by atoms with van der Waals surface area (Å²) in [6.45, 7) is 0.254. The average molecular weight is 500 g/mol. The fourth-order valence-electron chi connectivity index (χ4n) is 3.82. The zero-order chi connectivity index (χ0) is 21.7. The fourth-order valence-corrected chi connectivity index (χ4v) is 5.67. The minimum absolute atomic E-state index is 0.00871. The SMILES string of the molecule is Clc1ccc(-c2csc(N3N=C(c4cccs4)C[C@@H]3c3ccc4c(c3)OCO4)n2)cc1Cl. The Morgan fingerprint density at radius 3 is 2.72 bits per heavy atom. The van der Waals surface area contributed by atoms with E-state index in [1.54, 1.807) is 28.7 Å². The smallest absolute Gasteiger partial charge is 0.231 e. The number of hydrazone groups is 1. The van der Waals surface area contributed by atoms with Gasteiger partial charge in [-0.2, -0.15) is 5.10 Å². The van der Waals surface area contributed by atoms with Gasteiger partial charge in [0.15, 0.2) is 11.5 Å². The summed E-state index contributed by atoms with van der Waals surface area (Å²) < 4.78 is 11.1. The van der Waals surface area contributed by atoms with Crippen LogP contribution in [0.4, 0.5) is 5.13 Å². The Labute approximate surface area is 202 Å². The lowest BCUT2D eigenvalue weighted by molar-refractivity contribution is 0.174. The zero-order valence-electron chi connectivity index (χ0n) is 16.5. The Morgan fingerprint density at radius 2 is 1.88 bits per heavy atom. The van der Waals surface area contributed by atoms with Crippen molar-refractivity contribution >= 4 is 56.7 Å². The quantitative estimate of drug-likeness (QED) is 0.296. The predicted octanol–water partition coefficient (Wildman–Crippen LogP) is 7.26. The number of thiophene rings is 1. The van der Waals surface area contributed by atoms with Gasteiger partial charge in [-0.15, -0.1) is 22.7 Å². The minimum Gasteiger partial charge on any atom is -0.454 e. The van der Waals surface area contributed by atoms with Gasteiger partial charge in [0.2, 0.25) is 11.9 Å². The molecule has 0 bridgehead atoms. The normalized spacial score (nSPS) is 17.1. The first-order valence-electron chi connectivity index (χ1n) is 9.87. The first kappa shape index (κ1) is 20.1. The van der Waals surface area contributed by atoms with E-state index >= 15 is 0 Å². The molecule has 2 aliphatic rings.